The number of halogens is 4. The monoisotopic (exact) mass is 443 g/mol. The van der Waals surface area contributed by atoms with Gasteiger partial charge in [0, 0.05) is 45.3 Å². The van der Waals surface area contributed by atoms with Crippen LogP contribution < -0.4 is 0 Å². The highest BCUT2D eigenvalue weighted by atomic mass is 31.2. The number of allylic oxidation sites excluding steroid dienone is 1. The third kappa shape index (κ3) is 5.56. The molecule has 3 heterocycles. The maximum Gasteiger partial charge on any atom is 0.469 e. The summed E-state index contributed by atoms with van der Waals surface area (Å²) >= 11 is 0. The third-order valence-corrected chi connectivity index (χ3v) is 4.70. The van der Waals surface area contributed by atoms with E-state index in [0.29, 0.717) is 17.1 Å². The zero-order valence-corrected chi connectivity index (χ0v) is 15.8. The molecule has 2 N–H and O–H groups in total. The lowest BCUT2D eigenvalue weighted by Gasteiger charge is -2.21. The molecule has 29 heavy (non-hydrogen) atoms. The zero-order chi connectivity index (χ0) is 21.6. The summed E-state index contributed by atoms with van der Waals surface area (Å²) in [7, 11) is -5.12. The molecular formula is C15H18F4N3O6P. The van der Waals surface area contributed by atoms with Gasteiger partial charge in [-0.25, -0.2) is 13.3 Å². The molecule has 0 aromatic rings. The standard InChI is InChI=1S/C12H13N3O2.C3H5F4O4P/c16-9-7-8(13-1-2-13)12(17)11(15-5-6-15)10(9)14-3-4-14;4-2(5)3(6,7)1-11-12(8,9)10/h7H,1-6H2;2H,1H2,(H2,8,9,10). The second-order valence-corrected chi connectivity index (χ2v) is 7.95. The highest BCUT2D eigenvalue weighted by molar-refractivity contribution is 7.46. The minimum Gasteiger partial charge on any atom is -0.365 e. The number of alkyl halides is 4. The van der Waals surface area contributed by atoms with Crippen LogP contribution in [0.4, 0.5) is 17.6 Å². The summed E-state index contributed by atoms with van der Waals surface area (Å²) in [4.78, 5) is 46.2. The molecule has 0 bridgehead atoms. The van der Waals surface area contributed by atoms with Crippen molar-refractivity contribution in [2.75, 3.05) is 45.9 Å². The van der Waals surface area contributed by atoms with Gasteiger partial charge in [0.2, 0.25) is 11.6 Å². The Morgan fingerprint density at radius 3 is 1.90 bits per heavy atom. The van der Waals surface area contributed by atoms with Gasteiger partial charge in [0.05, 0.1) is 5.70 Å². The van der Waals surface area contributed by atoms with Gasteiger partial charge in [0.1, 0.15) is 18.0 Å². The van der Waals surface area contributed by atoms with Gasteiger partial charge in [-0.1, -0.05) is 0 Å². The quantitative estimate of drug-likeness (QED) is 0.246. The van der Waals surface area contributed by atoms with Crippen molar-refractivity contribution in [3.63, 3.8) is 0 Å². The van der Waals surface area contributed by atoms with E-state index in [2.05, 4.69) is 4.52 Å². The molecule has 0 aromatic carbocycles. The lowest BCUT2D eigenvalue weighted by molar-refractivity contribution is -0.151. The molecule has 0 atom stereocenters. The average molecular weight is 443 g/mol. The Hall–Kier alpha value is -1.95. The molecule has 3 aliphatic heterocycles. The molecule has 0 spiro atoms. The van der Waals surface area contributed by atoms with E-state index in [-0.39, 0.29) is 11.6 Å². The van der Waals surface area contributed by atoms with Gasteiger partial charge < -0.3 is 24.5 Å². The molecule has 3 saturated heterocycles. The smallest absolute Gasteiger partial charge is 0.365 e. The predicted molar refractivity (Wildman–Crippen MR) is 88.8 cm³/mol. The van der Waals surface area contributed by atoms with Crippen molar-refractivity contribution >= 4 is 19.4 Å². The van der Waals surface area contributed by atoms with Crippen molar-refractivity contribution in [1.82, 2.24) is 14.7 Å². The van der Waals surface area contributed by atoms with Crippen molar-refractivity contribution in [3.8, 4) is 0 Å². The number of hydrogen-bond acceptors (Lipinski definition) is 7. The molecule has 0 radical (unpaired) electrons. The first-order valence-electron chi connectivity index (χ1n) is 8.56. The Labute approximate surface area is 162 Å². The number of Topliss-reactive ketones (excluding diaryl/α,β-unsaturated/α-hetero) is 1. The number of phosphoric ester groups is 1. The third-order valence-electron chi connectivity index (χ3n) is 4.23. The molecule has 162 valence electrons. The zero-order valence-electron chi connectivity index (χ0n) is 14.9. The van der Waals surface area contributed by atoms with Crippen molar-refractivity contribution < 1.29 is 46.0 Å². The molecule has 0 unspecified atom stereocenters. The lowest BCUT2D eigenvalue weighted by atomic mass is 10.0. The van der Waals surface area contributed by atoms with Crippen molar-refractivity contribution in [2.45, 2.75) is 12.3 Å². The van der Waals surface area contributed by atoms with E-state index < -0.39 is 26.8 Å². The molecular weight excluding hydrogens is 425 g/mol. The SMILES string of the molecule is O=C1C=C(N2CC2)C(=O)C(N2CC2)=C1N1CC1.O=P(O)(O)OCC(F)(F)C(F)F. The number of hydrogen-bond donors (Lipinski definition) is 2. The van der Waals surface area contributed by atoms with Crippen LogP contribution in [0.1, 0.15) is 0 Å². The summed E-state index contributed by atoms with van der Waals surface area (Å²) in [6.07, 6.45) is -2.49. The van der Waals surface area contributed by atoms with E-state index in [1.165, 1.54) is 6.08 Å². The summed E-state index contributed by atoms with van der Waals surface area (Å²) in [6, 6.07) is 0. The van der Waals surface area contributed by atoms with Gasteiger partial charge in [0.25, 0.3) is 0 Å². The van der Waals surface area contributed by atoms with Crippen LogP contribution >= 0.6 is 7.82 Å². The minimum absolute atomic E-state index is 0.00546. The Morgan fingerprint density at radius 2 is 1.48 bits per heavy atom. The molecule has 0 aromatic heterocycles. The Kier molecular flexibility index (Phi) is 5.78. The van der Waals surface area contributed by atoms with E-state index in [4.69, 9.17) is 9.79 Å². The van der Waals surface area contributed by atoms with Crippen LogP contribution in [0, 0.1) is 0 Å². The lowest BCUT2D eigenvalue weighted by Crippen LogP contribution is -2.31. The normalized spacial score (nSPS) is 21.3. The maximum atomic E-state index is 12.4. The van der Waals surface area contributed by atoms with Crippen LogP contribution in [0.5, 0.6) is 0 Å². The summed E-state index contributed by atoms with van der Waals surface area (Å²) in [5, 5.41) is 0. The van der Waals surface area contributed by atoms with Crippen molar-refractivity contribution in [3.05, 3.63) is 23.2 Å². The van der Waals surface area contributed by atoms with E-state index in [1.807, 2.05) is 14.7 Å². The van der Waals surface area contributed by atoms with Gasteiger partial charge in [-0.3, -0.25) is 14.1 Å². The first kappa shape index (κ1) is 21.8. The number of phosphoric acid groups is 1. The second kappa shape index (κ2) is 7.71. The van der Waals surface area contributed by atoms with Gasteiger partial charge in [-0.2, -0.15) is 8.78 Å². The van der Waals surface area contributed by atoms with E-state index in [1.54, 1.807) is 0 Å². The van der Waals surface area contributed by atoms with E-state index in [9.17, 15) is 31.7 Å². The Balaban J connectivity index is 0.000000179. The fourth-order valence-corrected chi connectivity index (χ4v) is 2.85. The first-order chi connectivity index (χ1) is 13.4. The van der Waals surface area contributed by atoms with E-state index >= 15 is 0 Å². The van der Waals surface area contributed by atoms with Gasteiger partial charge in [-0.05, 0) is 0 Å². The molecule has 0 saturated carbocycles. The highest BCUT2D eigenvalue weighted by Gasteiger charge is 2.44. The van der Waals surface area contributed by atoms with Gasteiger partial charge >= 0.3 is 20.2 Å². The van der Waals surface area contributed by atoms with Crippen LogP contribution in [-0.4, -0.2) is 94.3 Å². The van der Waals surface area contributed by atoms with Crippen LogP contribution in [0.25, 0.3) is 0 Å². The first-order valence-corrected chi connectivity index (χ1v) is 10.1. The fourth-order valence-electron chi connectivity index (χ4n) is 2.51. The molecule has 14 heteroatoms. The fraction of sp³-hybridized carbons (Fsp3) is 0.600. The highest BCUT2D eigenvalue weighted by Crippen LogP contribution is 2.38. The van der Waals surface area contributed by atoms with E-state index in [0.717, 1.165) is 39.3 Å². The predicted octanol–water partition coefficient (Wildman–Crippen LogP) is 0.177. The number of carbonyl (C=O) groups is 2. The Bertz CT molecular complexity index is 815. The van der Waals surface area contributed by atoms with Gasteiger partial charge in [-0.15, -0.1) is 0 Å². The topological polar surface area (TPSA) is 110 Å². The maximum absolute atomic E-state index is 12.4. The second-order valence-electron chi connectivity index (χ2n) is 6.71. The Morgan fingerprint density at radius 1 is 1.00 bits per heavy atom. The molecule has 0 amide bonds. The van der Waals surface area contributed by atoms with Crippen molar-refractivity contribution in [2.24, 2.45) is 0 Å². The van der Waals surface area contributed by atoms with Crippen LogP contribution in [-0.2, 0) is 18.7 Å². The number of rotatable bonds is 7. The van der Waals surface area contributed by atoms with Crippen LogP contribution in [0.2, 0.25) is 0 Å². The number of nitrogens with zero attached hydrogens (tertiary/aromatic N) is 3. The minimum atomic E-state index is -5.12. The number of carbonyl (C=O) groups excluding carboxylic acids is 2. The summed E-state index contributed by atoms with van der Waals surface area (Å²) in [5.41, 5.74) is 1.89. The van der Waals surface area contributed by atoms with Gasteiger partial charge in [0.15, 0.2) is 0 Å². The van der Waals surface area contributed by atoms with Crippen LogP contribution in [0.15, 0.2) is 23.2 Å². The largest absolute Gasteiger partial charge is 0.469 e. The summed E-state index contributed by atoms with van der Waals surface area (Å²) < 4.78 is 59.3. The summed E-state index contributed by atoms with van der Waals surface area (Å²) in [6.45, 7) is 3.40. The molecule has 9 nitrogen and oxygen atoms in total. The average Bonchev–Trinajstić information content (AvgIpc) is 3.47. The molecule has 1 aliphatic carbocycles. The molecule has 4 aliphatic rings. The molecule has 4 rings (SSSR count). The van der Waals surface area contributed by atoms with Crippen LogP contribution in [0.3, 0.4) is 0 Å². The van der Waals surface area contributed by atoms with Crippen molar-refractivity contribution in [1.29, 1.82) is 0 Å². The molecule has 3 fully saturated rings. The summed E-state index contributed by atoms with van der Waals surface area (Å²) in [5.74, 6) is -4.49. The number of ketones is 2.